The molecule has 1 aliphatic rings. The summed E-state index contributed by atoms with van der Waals surface area (Å²) in [6.45, 7) is 0.421. The molecule has 1 radical (unpaired) electrons. The van der Waals surface area contributed by atoms with Crippen molar-refractivity contribution in [3.05, 3.63) is 71.3 Å². The molecule has 2 unspecified atom stereocenters. The highest BCUT2D eigenvalue weighted by Gasteiger charge is 2.37. The first kappa shape index (κ1) is 16.2. The molecular weight excluding hydrogens is 304 g/mol. The van der Waals surface area contributed by atoms with Gasteiger partial charge >= 0.3 is 0 Å². The Bertz CT molecular complexity index is 745. The summed E-state index contributed by atoms with van der Waals surface area (Å²) in [6, 6.07) is 16.8. The van der Waals surface area contributed by atoms with Crippen molar-refractivity contribution in [3.63, 3.8) is 0 Å². The third kappa shape index (κ3) is 2.90. The van der Waals surface area contributed by atoms with Crippen LogP contribution < -0.4 is 5.73 Å². The van der Waals surface area contributed by atoms with E-state index in [1.165, 1.54) is 12.0 Å². The molecule has 5 heteroatoms. The monoisotopic (exact) mass is 323 g/mol. The van der Waals surface area contributed by atoms with E-state index in [9.17, 15) is 9.59 Å². The van der Waals surface area contributed by atoms with Crippen molar-refractivity contribution in [2.24, 2.45) is 5.73 Å². The minimum Gasteiger partial charge on any atom is -0.368 e. The predicted molar refractivity (Wildman–Crippen MR) is 88.8 cm³/mol. The van der Waals surface area contributed by atoms with Crippen LogP contribution in [-0.4, -0.2) is 30.4 Å². The standard InChI is InChI=1S/C19H19N2O3/c1-24-17(14-8-3-2-4-9-14)19(23)21-12-11-13-7-5-6-10-15(13)16(21)18(20)22/h2-4,6-10,16-17H,11-12H2,1H3,(H2,20,22). The molecule has 0 fully saturated rings. The highest BCUT2D eigenvalue weighted by molar-refractivity contribution is 5.90. The number of nitrogens with two attached hydrogens (primary N) is 1. The number of carbonyl (C=O) groups is 2. The van der Waals surface area contributed by atoms with Crippen LogP contribution >= 0.6 is 0 Å². The fourth-order valence-corrected chi connectivity index (χ4v) is 3.20. The molecule has 2 aromatic rings. The normalized spacial score (nSPS) is 17.9. The molecule has 0 spiro atoms. The van der Waals surface area contributed by atoms with E-state index in [0.717, 1.165) is 16.7 Å². The minimum atomic E-state index is -0.780. The number of methoxy groups -OCH3 is 1. The number of hydrogen-bond acceptors (Lipinski definition) is 3. The number of fused-ring (bicyclic) bond motifs is 1. The Morgan fingerprint density at radius 1 is 1.29 bits per heavy atom. The van der Waals surface area contributed by atoms with Gasteiger partial charge in [0.05, 0.1) is 0 Å². The predicted octanol–water partition coefficient (Wildman–Crippen LogP) is 1.79. The number of benzene rings is 2. The second-order valence-electron chi connectivity index (χ2n) is 5.74. The maximum Gasteiger partial charge on any atom is 0.257 e. The lowest BCUT2D eigenvalue weighted by atomic mass is 9.91. The van der Waals surface area contributed by atoms with Gasteiger partial charge in [0.25, 0.3) is 5.91 Å². The van der Waals surface area contributed by atoms with Crippen LogP contribution in [0, 0.1) is 6.07 Å². The summed E-state index contributed by atoms with van der Waals surface area (Å²) < 4.78 is 5.42. The zero-order valence-electron chi connectivity index (χ0n) is 13.4. The quantitative estimate of drug-likeness (QED) is 0.932. The lowest BCUT2D eigenvalue weighted by molar-refractivity contribution is -0.149. The average Bonchev–Trinajstić information content (AvgIpc) is 2.62. The van der Waals surface area contributed by atoms with Crippen molar-refractivity contribution in [1.29, 1.82) is 0 Å². The van der Waals surface area contributed by atoms with Gasteiger partial charge in [-0.3, -0.25) is 9.59 Å². The van der Waals surface area contributed by atoms with E-state index in [1.807, 2.05) is 36.4 Å². The minimum absolute atomic E-state index is 0.258. The van der Waals surface area contributed by atoms with Gasteiger partial charge in [0.2, 0.25) is 5.91 Å². The van der Waals surface area contributed by atoms with Crippen LogP contribution in [0.25, 0.3) is 0 Å². The molecule has 0 aliphatic carbocycles. The molecule has 2 atom stereocenters. The molecule has 0 saturated heterocycles. The van der Waals surface area contributed by atoms with Gasteiger partial charge in [-0.1, -0.05) is 48.5 Å². The summed E-state index contributed by atoms with van der Waals surface area (Å²) in [6.07, 6.45) is -0.0992. The Hall–Kier alpha value is -2.66. The molecule has 24 heavy (non-hydrogen) atoms. The van der Waals surface area contributed by atoms with Crippen molar-refractivity contribution in [2.45, 2.75) is 18.6 Å². The Kier molecular flexibility index (Phi) is 4.62. The SMILES string of the molecule is COC(C(=O)N1CCc2c[c]ccc2C1C(N)=O)c1ccccc1. The second kappa shape index (κ2) is 6.84. The number of amides is 2. The lowest BCUT2D eigenvalue weighted by Crippen LogP contribution is -2.47. The van der Waals surface area contributed by atoms with Crippen molar-refractivity contribution in [1.82, 2.24) is 4.90 Å². The molecule has 123 valence electrons. The van der Waals surface area contributed by atoms with Gasteiger partial charge in [-0.2, -0.15) is 0 Å². The van der Waals surface area contributed by atoms with Gasteiger partial charge < -0.3 is 15.4 Å². The fraction of sp³-hybridized carbons (Fsp3) is 0.263. The van der Waals surface area contributed by atoms with Crippen LogP contribution in [0.5, 0.6) is 0 Å². The van der Waals surface area contributed by atoms with Crippen LogP contribution in [0.2, 0.25) is 0 Å². The van der Waals surface area contributed by atoms with E-state index >= 15 is 0 Å². The van der Waals surface area contributed by atoms with Gasteiger partial charge in [0.15, 0.2) is 6.10 Å². The van der Waals surface area contributed by atoms with E-state index in [-0.39, 0.29) is 5.91 Å². The summed E-state index contributed by atoms with van der Waals surface area (Å²) >= 11 is 0. The molecule has 0 saturated carbocycles. The molecule has 3 rings (SSSR count). The Labute approximate surface area is 141 Å². The van der Waals surface area contributed by atoms with Crippen LogP contribution in [0.15, 0.2) is 48.5 Å². The van der Waals surface area contributed by atoms with Gasteiger partial charge in [-0.15, -0.1) is 0 Å². The lowest BCUT2D eigenvalue weighted by Gasteiger charge is -2.37. The van der Waals surface area contributed by atoms with Crippen LogP contribution in [0.1, 0.15) is 28.8 Å². The van der Waals surface area contributed by atoms with Gasteiger partial charge in [-0.25, -0.2) is 0 Å². The first-order valence-electron chi connectivity index (χ1n) is 7.80. The largest absolute Gasteiger partial charge is 0.368 e. The molecule has 0 aromatic heterocycles. The fourth-order valence-electron chi connectivity index (χ4n) is 3.20. The van der Waals surface area contributed by atoms with Crippen molar-refractivity contribution in [2.75, 3.05) is 13.7 Å². The maximum absolute atomic E-state index is 13.0. The Morgan fingerprint density at radius 2 is 2.04 bits per heavy atom. The van der Waals surface area contributed by atoms with Crippen molar-refractivity contribution < 1.29 is 14.3 Å². The first-order valence-corrected chi connectivity index (χ1v) is 7.80. The average molecular weight is 323 g/mol. The number of carbonyl (C=O) groups excluding carboxylic acids is 2. The molecular formula is C19H19N2O3. The molecule has 2 amide bonds. The van der Waals surface area contributed by atoms with Gasteiger partial charge in [-0.05, 0) is 29.2 Å². The zero-order valence-corrected chi connectivity index (χ0v) is 13.4. The van der Waals surface area contributed by atoms with Crippen LogP contribution in [0.4, 0.5) is 0 Å². The molecule has 1 heterocycles. The van der Waals surface area contributed by atoms with Gasteiger partial charge in [0.1, 0.15) is 6.04 Å². The van der Waals surface area contributed by atoms with E-state index < -0.39 is 18.1 Å². The van der Waals surface area contributed by atoms with Crippen molar-refractivity contribution >= 4 is 11.8 Å². The number of nitrogens with zero attached hydrogens (tertiary/aromatic N) is 1. The van der Waals surface area contributed by atoms with Gasteiger partial charge in [0, 0.05) is 13.7 Å². The smallest absolute Gasteiger partial charge is 0.257 e. The van der Waals surface area contributed by atoms with Crippen LogP contribution in [0.3, 0.4) is 0 Å². The maximum atomic E-state index is 13.0. The van der Waals surface area contributed by atoms with Crippen LogP contribution in [-0.2, 0) is 20.7 Å². The summed E-state index contributed by atoms with van der Waals surface area (Å²) in [5.74, 6) is -0.801. The highest BCUT2D eigenvalue weighted by atomic mass is 16.5. The summed E-state index contributed by atoms with van der Waals surface area (Å²) in [5, 5.41) is 0. The Balaban J connectivity index is 1.95. The number of hydrogen-bond donors (Lipinski definition) is 1. The van der Waals surface area contributed by atoms with Crippen molar-refractivity contribution in [3.8, 4) is 0 Å². The summed E-state index contributed by atoms with van der Waals surface area (Å²) in [4.78, 5) is 26.6. The molecule has 0 bridgehead atoms. The summed E-state index contributed by atoms with van der Waals surface area (Å²) in [7, 11) is 1.49. The van der Waals surface area contributed by atoms with E-state index in [0.29, 0.717) is 13.0 Å². The van der Waals surface area contributed by atoms with E-state index in [4.69, 9.17) is 10.5 Å². The molecule has 1 aliphatic heterocycles. The highest BCUT2D eigenvalue weighted by Crippen LogP contribution is 2.32. The zero-order chi connectivity index (χ0) is 17.1. The third-order valence-corrected chi connectivity index (χ3v) is 4.33. The Morgan fingerprint density at radius 3 is 2.71 bits per heavy atom. The summed E-state index contributed by atoms with van der Waals surface area (Å²) in [5.41, 5.74) is 8.12. The molecule has 5 nitrogen and oxygen atoms in total. The van der Waals surface area contributed by atoms with E-state index in [2.05, 4.69) is 6.07 Å². The number of primary amides is 1. The molecule has 2 aromatic carbocycles. The topological polar surface area (TPSA) is 72.6 Å². The van der Waals surface area contributed by atoms with E-state index in [1.54, 1.807) is 12.1 Å². The molecule has 2 N–H and O–H groups in total. The number of ether oxygens (including phenoxy) is 1. The third-order valence-electron chi connectivity index (χ3n) is 4.33. The first-order chi connectivity index (χ1) is 11.6. The second-order valence-corrected chi connectivity index (χ2v) is 5.74. The number of rotatable bonds is 4.